The molecule has 0 aliphatic carbocycles. The van der Waals surface area contributed by atoms with E-state index in [1.807, 2.05) is 0 Å². The summed E-state index contributed by atoms with van der Waals surface area (Å²) in [6.07, 6.45) is -1.23. The van der Waals surface area contributed by atoms with Crippen molar-refractivity contribution in [1.29, 1.82) is 0 Å². The van der Waals surface area contributed by atoms with Crippen LogP contribution in [0.5, 0.6) is 0 Å². The normalized spacial score (nSPS) is 14.1. The minimum atomic E-state index is -1.18. The molecule has 1 unspecified atom stereocenters. The van der Waals surface area contributed by atoms with Gasteiger partial charge in [-0.15, -0.1) is 0 Å². The van der Waals surface area contributed by atoms with Crippen LogP contribution in [0.2, 0.25) is 0 Å². The highest BCUT2D eigenvalue weighted by Gasteiger charge is 2.30. The predicted molar refractivity (Wildman–Crippen MR) is 128 cm³/mol. The van der Waals surface area contributed by atoms with Crippen LogP contribution in [0.3, 0.4) is 0 Å². The van der Waals surface area contributed by atoms with Gasteiger partial charge >= 0.3 is 6.09 Å². The Bertz CT molecular complexity index is 792. The SMILES string of the molecule is CC(C)[C@H](NC(=O)OC(C)(C)C)C(=O)N[C@@H](CCCNC(N)O)C(=O)Nc1ccc(CO)cc1. The maximum absolute atomic E-state index is 13.0. The van der Waals surface area contributed by atoms with E-state index in [1.54, 1.807) is 58.9 Å². The third kappa shape index (κ3) is 11.4. The van der Waals surface area contributed by atoms with Crippen LogP contribution in [0.15, 0.2) is 24.3 Å². The number of hydrogen-bond donors (Lipinski definition) is 7. The topological polar surface area (TPSA) is 175 Å². The first-order valence-electron chi connectivity index (χ1n) is 11.3. The predicted octanol–water partition coefficient (Wildman–Crippen LogP) is 0.756. The Morgan fingerprint density at radius 3 is 2.18 bits per heavy atom. The average molecular weight is 482 g/mol. The lowest BCUT2D eigenvalue weighted by Crippen LogP contribution is -2.55. The molecule has 3 atom stereocenters. The smallest absolute Gasteiger partial charge is 0.408 e. The molecule has 192 valence electrons. The molecular formula is C23H39N5O6. The second-order valence-electron chi connectivity index (χ2n) is 9.31. The number of nitrogens with two attached hydrogens (primary N) is 1. The third-order valence-corrected chi connectivity index (χ3v) is 4.68. The quantitative estimate of drug-likeness (QED) is 0.169. The summed E-state index contributed by atoms with van der Waals surface area (Å²) in [6, 6.07) is 4.82. The van der Waals surface area contributed by atoms with Gasteiger partial charge in [-0.05, 0) is 63.8 Å². The zero-order valence-corrected chi connectivity index (χ0v) is 20.6. The minimum Gasteiger partial charge on any atom is -0.444 e. The maximum atomic E-state index is 13.0. The number of anilines is 1. The van der Waals surface area contributed by atoms with Crippen LogP contribution in [-0.4, -0.2) is 58.7 Å². The Labute approximate surface area is 200 Å². The first-order valence-corrected chi connectivity index (χ1v) is 11.3. The molecule has 1 aromatic carbocycles. The van der Waals surface area contributed by atoms with Crippen molar-refractivity contribution >= 4 is 23.6 Å². The van der Waals surface area contributed by atoms with E-state index in [4.69, 9.17) is 15.6 Å². The molecule has 0 bridgehead atoms. The van der Waals surface area contributed by atoms with E-state index in [-0.39, 0.29) is 18.9 Å². The summed E-state index contributed by atoms with van der Waals surface area (Å²) in [5, 5.41) is 29.0. The van der Waals surface area contributed by atoms with Gasteiger partial charge in [-0.1, -0.05) is 26.0 Å². The molecule has 0 aromatic heterocycles. The van der Waals surface area contributed by atoms with Gasteiger partial charge < -0.3 is 30.9 Å². The standard InChI is InChI=1S/C23H39N5O6/c1-14(2)18(28-22(33)34-23(3,4)5)20(31)27-17(7-6-12-25-21(24)32)19(30)26-16-10-8-15(13-29)9-11-16/h8-11,14,17-18,21,25,29,32H,6-7,12-13,24H2,1-5H3,(H,26,30)(H,27,31)(H,28,33)/t17-,18-,21?/m0/s1. The lowest BCUT2D eigenvalue weighted by atomic mass is 10.0. The molecule has 0 radical (unpaired) electrons. The molecule has 0 aliphatic rings. The molecule has 0 saturated heterocycles. The van der Waals surface area contributed by atoms with Gasteiger partial charge in [-0.2, -0.15) is 0 Å². The summed E-state index contributed by atoms with van der Waals surface area (Å²) in [7, 11) is 0. The Kier molecular flexibility index (Phi) is 11.9. The summed E-state index contributed by atoms with van der Waals surface area (Å²) >= 11 is 0. The molecule has 11 nitrogen and oxygen atoms in total. The van der Waals surface area contributed by atoms with Gasteiger partial charge in [-0.3, -0.25) is 20.6 Å². The molecular weight excluding hydrogens is 442 g/mol. The summed E-state index contributed by atoms with van der Waals surface area (Å²) in [5.74, 6) is -1.24. The van der Waals surface area contributed by atoms with Crippen LogP contribution in [0.1, 0.15) is 53.0 Å². The van der Waals surface area contributed by atoms with E-state index in [9.17, 15) is 19.5 Å². The highest BCUT2D eigenvalue weighted by Crippen LogP contribution is 2.12. The summed E-state index contributed by atoms with van der Waals surface area (Å²) < 4.78 is 5.25. The van der Waals surface area contributed by atoms with Gasteiger partial charge in [0.15, 0.2) is 6.35 Å². The number of ether oxygens (including phenoxy) is 1. The van der Waals surface area contributed by atoms with Crippen molar-refractivity contribution < 1.29 is 29.3 Å². The van der Waals surface area contributed by atoms with Gasteiger partial charge in [0.2, 0.25) is 11.8 Å². The Morgan fingerprint density at radius 2 is 1.68 bits per heavy atom. The van der Waals surface area contributed by atoms with E-state index in [0.29, 0.717) is 24.2 Å². The number of carbonyl (C=O) groups excluding carboxylic acids is 3. The van der Waals surface area contributed by atoms with Crippen molar-refractivity contribution in [2.24, 2.45) is 11.7 Å². The van der Waals surface area contributed by atoms with Crippen molar-refractivity contribution in [2.45, 2.75) is 78.1 Å². The van der Waals surface area contributed by atoms with Crippen LogP contribution in [0, 0.1) is 5.92 Å². The van der Waals surface area contributed by atoms with Crippen molar-refractivity contribution in [1.82, 2.24) is 16.0 Å². The van der Waals surface area contributed by atoms with E-state index < -0.39 is 41.9 Å². The van der Waals surface area contributed by atoms with Crippen molar-refractivity contribution in [3.8, 4) is 0 Å². The Morgan fingerprint density at radius 1 is 1.06 bits per heavy atom. The first kappa shape index (κ1) is 29.3. The van der Waals surface area contributed by atoms with E-state index in [2.05, 4.69) is 21.3 Å². The first-order chi connectivity index (χ1) is 15.8. The van der Waals surface area contributed by atoms with Crippen LogP contribution in [-0.2, 0) is 20.9 Å². The lowest BCUT2D eigenvalue weighted by molar-refractivity contribution is -0.128. The van der Waals surface area contributed by atoms with E-state index in [1.165, 1.54) is 0 Å². The Hall–Kier alpha value is -2.73. The molecule has 0 aliphatic heterocycles. The fraction of sp³-hybridized carbons (Fsp3) is 0.609. The number of carbonyl (C=O) groups is 3. The number of aliphatic hydroxyl groups is 2. The molecule has 0 heterocycles. The zero-order valence-electron chi connectivity index (χ0n) is 20.6. The van der Waals surface area contributed by atoms with Crippen LogP contribution >= 0.6 is 0 Å². The monoisotopic (exact) mass is 481 g/mol. The number of hydrogen-bond acceptors (Lipinski definition) is 8. The van der Waals surface area contributed by atoms with Crippen molar-refractivity contribution in [2.75, 3.05) is 11.9 Å². The van der Waals surface area contributed by atoms with Gasteiger partial charge in [0, 0.05) is 5.69 Å². The second kappa shape index (κ2) is 13.9. The molecule has 1 rings (SSSR count). The fourth-order valence-electron chi connectivity index (χ4n) is 2.98. The van der Waals surface area contributed by atoms with E-state index in [0.717, 1.165) is 0 Å². The molecule has 34 heavy (non-hydrogen) atoms. The molecule has 0 spiro atoms. The third-order valence-electron chi connectivity index (χ3n) is 4.68. The maximum Gasteiger partial charge on any atom is 0.408 e. The van der Waals surface area contributed by atoms with Gasteiger partial charge in [0.05, 0.1) is 6.61 Å². The molecule has 1 aromatic rings. The number of alkyl carbamates (subject to hydrolysis) is 1. The van der Waals surface area contributed by atoms with Crippen molar-refractivity contribution in [3.05, 3.63) is 29.8 Å². The summed E-state index contributed by atoms with van der Waals surface area (Å²) in [6.45, 7) is 8.91. The fourth-order valence-corrected chi connectivity index (χ4v) is 2.98. The van der Waals surface area contributed by atoms with Crippen LogP contribution in [0.4, 0.5) is 10.5 Å². The largest absolute Gasteiger partial charge is 0.444 e. The number of rotatable bonds is 12. The molecule has 0 fully saturated rings. The molecule has 8 N–H and O–H groups in total. The van der Waals surface area contributed by atoms with Gasteiger partial charge in [0.1, 0.15) is 17.7 Å². The minimum absolute atomic E-state index is 0.117. The van der Waals surface area contributed by atoms with Gasteiger partial charge in [-0.25, -0.2) is 4.79 Å². The summed E-state index contributed by atoms with van der Waals surface area (Å²) in [5.41, 5.74) is 5.74. The van der Waals surface area contributed by atoms with Crippen LogP contribution in [0.25, 0.3) is 0 Å². The molecule has 3 amide bonds. The number of nitrogens with one attached hydrogen (secondary N) is 4. The van der Waals surface area contributed by atoms with E-state index >= 15 is 0 Å². The Balaban J connectivity index is 2.91. The second-order valence-corrected chi connectivity index (χ2v) is 9.31. The van der Waals surface area contributed by atoms with Gasteiger partial charge in [0.25, 0.3) is 0 Å². The lowest BCUT2D eigenvalue weighted by Gasteiger charge is -2.27. The zero-order chi connectivity index (χ0) is 25.9. The number of benzene rings is 1. The molecule has 11 heteroatoms. The highest BCUT2D eigenvalue weighted by molar-refractivity contribution is 5.98. The van der Waals surface area contributed by atoms with Crippen molar-refractivity contribution in [3.63, 3.8) is 0 Å². The number of aliphatic hydroxyl groups excluding tert-OH is 2. The van der Waals surface area contributed by atoms with Crippen LogP contribution < -0.4 is 27.0 Å². The highest BCUT2D eigenvalue weighted by atomic mass is 16.6. The number of amides is 3. The summed E-state index contributed by atoms with van der Waals surface area (Å²) in [4.78, 5) is 38.2. The average Bonchev–Trinajstić information content (AvgIpc) is 2.72. The molecule has 0 saturated carbocycles.